The second-order valence-corrected chi connectivity index (χ2v) is 7.07. The molecule has 29 heavy (non-hydrogen) atoms. The van der Waals surface area contributed by atoms with Gasteiger partial charge in [0, 0.05) is 64.1 Å². The second-order valence-electron chi connectivity index (χ2n) is 7.07. The van der Waals surface area contributed by atoms with Crippen molar-refractivity contribution < 1.29 is 4.52 Å². The van der Waals surface area contributed by atoms with E-state index in [0.29, 0.717) is 0 Å². The van der Waals surface area contributed by atoms with Gasteiger partial charge in [-0.25, -0.2) is 0 Å². The molecule has 150 valence electrons. The van der Waals surface area contributed by atoms with Crippen molar-refractivity contribution in [2.75, 3.05) is 33.2 Å². The van der Waals surface area contributed by atoms with Crippen LogP contribution in [-0.2, 0) is 13.1 Å². The molecule has 1 saturated heterocycles. The van der Waals surface area contributed by atoms with Crippen molar-refractivity contribution in [3.8, 4) is 11.3 Å². The van der Waals surface area contributed by atoms with Gasteiger partial charge in [0.15, 0.2) is 5.96 Å². The van der Waals surface area contributed by atoms with Crippen LogP contribution in [0.5, 0.6) is 0 Å². The molecule has 2 aromatic heterocycles. The number of rotatable bonds is 5. The monoisotopic (exact) mass is 390 g/mol. The molecule has 1 aromatic carbocycles. The Kier molecular flexibility index (Phi) is 6.16. The molecule has 0 radical (unpaired) electrons. The maximum atomic E-state index is 4.92. The van der Waals surface area contributed by atoms with Crippen LogP contribution in [0.15, 0.2) is 70.5 Å². The largest absolute Gasteiger partial charge is 0.364 e. The fraction of sp³-hybridized carbons (Fsp3) is 0.318. The Morgan fingerprint density at radius 3 is 2.72 bits per heavy atom. The summed E-state index contributed by atoms with van der Waals surface area (Å²) in [5, 5.41) is 7.51. The average Bonchev–Trinajstić information content (AvgIpc) is 3.29. The highest BCUT2D eigenvalue weighted by molar-refractivity contribution is 5.80. The predicted octanol–water partition coefficient (Wildman–Crippen LogP) is 2.63. The number of guanidine groups is 1. The van der Waals surface area contributed by atoms with Gasteiger partial charge in [0.25, 0.3) is 0 Å². The van der Waals surface area contributed by atoms with Crippen molar-refractivity contribution in [3.05, 3.63) is 72.2 Å². The molecule has 1 N–H and O–H groups in total. The van der Waals surface area contributed by atoms with Crippen molar-refractivity contribution in [2.24, 2.45) is 4.99 Å². The van der Waals surface area contributed by atoms with Crippen LogP contribution in [-0.4, -0.2) is 59.1 Å². The van der Waals surface area contributed by atoms with E-state index in [-0.39, 0.29) is 0 Å². The average molecular weight is 390 g/mol. The molecule has 0 bridgehead atoms. The van der Waals surface area contributed by atoms with Crippen molar-refractivity contribution in [1.82, 2.24) is 25.3 Å². The summed E-state index contributed by atoms with van der Waals surface area (Å²) in [4.78, 5) is 13.6. The second kappa shape index (κ2) is 9.34. The number of benzene rings is 1. The number of nitrogens with one attached hydrogen (secondary N) is 1. The van der Waals surface area contributed by atoms with Crippen LogP contribution in [0, 0.1) is 0 Å². The van der Waals surface area contributed by atoms with E-state index in [9.17, 15) is 0 Å². The van der Waals surface area contributed by atoms with Crippen LogP contribution in [0.3, 0.4) is 0 Å². The maximum Gasteiger partial charge on any atom is 0.194 e. The number of pyridine rings is 1. The Hall–Kier alpha value is -3.19. The van der Waals surface area contributed by atoms with Gasteiger partial charge < -0.3 is 14.7 Å². The molecule has 0 unspecified atom stereocenters. The summed E-state index contributed by atoms with van der Waals surface area (Å²) in [6.45, 7) is 5.38. The minimum absolute atomic E-state index is 0.729. The zero-order chi connectivity index (χ0) is 19.9. The lowest BCUT2D eigenvalue weighted by Gasteiger charge is -2.36. The number of hydrogen-bond donors (Lipinski definition) is 1. The summed E-state index contributed by atoms with van der Waals surface area (Å²) in [6, 6.07) is 16.4. The van der Waals surface area contributed by atoms with E-state index in [1.807, 2.05) is 37.5 Å². The van der Waals surface area contributed by atoms with E-state index in [4.69, 9.17) is 4.52 Å². The molecule has 0 amide bonds. The van der Waals surface area contributed by atoms with E-state index < -0.39 is 0 Å². The highest BCUT2D eigenvalue weighted by Gasteiger charge is 2.20. The van der Waals surface area contributed by atoms with Crippen LogP contribution in [0.2, 0.25) is 0 Å². The lowest BCUT2D eigenvalue weighted by Crippen LogP contribution is -2.52. The highest BCUT2D eigenvalue weighted by Crippen LogP contribution is 2.17. The van der Waals surface area contributed by atoms with Crippen LogP contribution in [0.25, 0.3) is 11.3 Å². The summed E-state index contributed by atoms with van der Waals surface area (Å²) < 4.78 is 4.92. The van der Waals surface area contributed by atoms with E-state index in [2.05, 4.69) is 54.5 Å². The molecule has 3 aromatic rings. The Bertz CT molecular complexity index is 917. The van der Waals surface area contributed by atoms with Crippen molar-refractivity contribution in [3.63, 3.8) is 0 Å². The molecule has 0 atom stereocenters. The lowest BCUT2D eigenvalue weighted by atomic mass is 10.1. The molecule has 7 nitrogen and oxygen atoms in total. The third-order valence-electron chi connectivity index (χ3n) is 5.10. The number of hydrogen-bond acceptors (Lipinski definition) is 5. The number of nitrogens with zero attached hydrogens (tertiary/aromatic N) is 5. The zero-order valence-electron chi connectivity index (χ0n) is 16.7. The van der Waals surface area contributed by atoms with E-state index in [0.717, 1.165) is 62.2 Å². The Labute approximate surface area is 171 Å². The third-order valence-corrected chi connectivity index (χ3v) is 5.10. The molecule has 1 aliphatic heterocycles. The van der Waals surface area contributed by atoms with Crippen molar-refractivity contribution in [2.45, 2.75) is 13.1 Å². The van der Waals surface area contributed by atoms with Gasteiger partial charge in [-0.15, -0.1) is 0 Å². The highest BCUT2D eigenvalue weighted by atomic mass is 16.5. The quantitative estimate of drug-likeness (QED) is 0.534. The molecule has 3 heterocycles. The van der Waals surface area contributed by atoms with E-state index >= 15 is 0 Å². The molecule has 4 rings (SSSR count). The Morgan fingerprint density at radius 2 is 2.00 bits per heavy atom. The van der Waals surface area contributed by atoms with Gasteiger partial charge >= 0.3 is 0 Å². The third kappa shape index (κ3) is 5.00. The lowest BCUT2D eigenvalue weighted by molar-refractivity contribution is 0.169. The van der Waals surface area contributed by atoms with Gasteiger partial charge in [0.05, 0.1) is 11.4 Å². The molecule has 0 saturated carbocycles. The van der Waals surface area contributed by atoms with Crippen LogP contribution < -0.4 is 5.32 Å². The van der Waals surface area contributed by atoms with Gasteiger partial charge in [-0.2, -0.15) is 0 Å². The standard InChI is InChI=1S/C22H26N6O/c1-23-22(28-12-10-27(11-13-28)17-20-8-14-29-26-20)25-16-18-5-4-6-19(15-18)21-7-2-3-9-24-21/h2-9,14-15H,10-13,16-17H2,1H3,(H,23,25). The number of aromatic nitrogens is 2. The zero-order valence-corrected chi connectivity index (χ0v) is 16.7. The van der Waals surface area contributed by atoms with Gasteiger partial charge in [-0.05, 0) is 23.8 Å². The molecule has 7 heteroatoms. The number of aliphatic imine (C=N–C) groups is 1. The Balaban J connectivity index is 1.31. The van der Waals surface area contributed by atoms with E-state index in [1.165, 1.54) is 5.56 Å². The Morgan fingerprint density at radius 1 is 1.10 bits per heavy atom. The smallest absolute Gasteiger partial charge is 0.194 e. The summed E-state index contributed by atoms with van der Waals surface area (Å²) in [7, 11) is 1.84. The fourth-order valence-corrected chi connectivity index (χ4v) is 3.55. The van der Waals surface area contributed by atoms with Gasteiger partial charge in [-0.3, -0.25) is 14.9 Å². The van der Waals surface area contributed by atoms with Crippen LogP contribution >= 0.6 is 0 Å². The maximum absolute atomic E-state index is 4.92. The van der Waals surface area contributed by atoms with Crippen LogP contribution in [0.4, 0.5) is 0 Å². The first-order valence-electron chi connectivity index (χ1n) is 9.89. The molecule has 0 aliphatic carbocycles. The predicted molar refractivity (Wildman–Crippen MR) is 113 cm³/mol. The van der Waals surface area contributed by atoms with E-state index in [1.54, 1.807) is 6.26 Å². The summed E-state index contributed by atoms with van der Waals surface area (Å²) in [5.74, 6) is 0.939. The first-order chi connectivity index (χ1) is 14.3. The molecular formula is C22H26N6O. The first-order valence-corrected chi connectivity index (χ1v) is 9.89. The minimum atomic E-state index is 0.729. The van der Waals surface area contributed by atoms with Gasteiger partial charge in [-0.1, -0.05) is 29.4 Å². The summed E-state index contributed by atoms with van der Waals surface area (Å²) in [6.07, 6.45) is 3.45. The van der Waals surface area contributed by atoms with Crippen molar-refractivity contribution >= 4 is 5.96 Å². The molecule has 1 aliphatic rings. The molecule has 1 fully saturated rings. The molecule has 0 spiro atoms. The van der Waals surface area contributed by atoms with Gasteiger partial charge in [0.1, 0.15) is 6.26 Å². The SMILES string of the molecule is CN=C(NCc1cccc(-c2ccccn2)c1)N1CCN(Cc2ccon2)CC1. The normalized spacial score (nSPS) is 15.5. The topological polar surface area (TPSA) is 69.8 Å². The first kappa shape index (κ1) is 19.1. The summed E-state index contributed by atoms with van der Waals surface area (Å²) >= 11 is 0. The molecular weight excluding hydrogens is 364 g/mol. The van der Waals surface area contributed by atoms with Gasteiger partial charge in [0.2, 0.25) is 0 Å². The number of piperazine rings is 1. The van der Waals surface area contributed by atoms with Crippen molar-refractivity contribution in [1.29, 1.82) is 0 Å². The summed E-state index contributed by atoms with van der Waals surface area (Å²) in [5.41, 5.74) is 4.30. The minimum Gasteiger partial charge on any atom is -0.364 e. The fourth-order valence-electron chi connectivity index (χ4n) is 3.55. The van der Waals surface area contributed by atoms with Crippen LogP contribution in [0.1, 0.15) is 11.3 Å².